The highest BCUT2D eigenvalue weighted by atomic mass is 32.1. The van der Waals surface area contributed by atoms with Crippen molar-refractivity contribution in [1.29, 1.82) is 0 Å². The predicted molar refractivity (Wildman–Crippen MR) is 132 cm³/mol. The summed E-state index contributed by atoms with van der Waals surface area (Å²) in [4.78, 5) is 19.7. The third-order valence-electron chi connectivity index (χ3n) is 5.92. The summed E-state index contributed by atoms with van der Waals surface area (Å²) in [5.74, 6) is -0.0265. The lowest BCUT2D eigenvalue weighted by atomic mass is 9.86. The zero-order chi connectivity index (χ0) is 23.0. The fraction of sp³-hybridized carbons (Fsp3) is 0.615. The molecule has 1 N–H and O–H groups in total. The fourth-order valence-corrected chi connectivity index (χ4v) is 5.31. The number of fused-ring (bicyclic) bond motifs is 1. The van der Waals surface area contributed by atoms with Gasteiger partial charge in [-0.2, -0.15) is 0 Å². The smallest absolute Gasteiger partial charge is 0.280 e. The molecule has 0 saturated heterocycles. The van der Waals surface area contributed by atoms with E-state index in [9.17, 15) is 9.90 Å². The summed E-state index contributed by atoms with van der Waals surface area (Å²) in [5, 5.41) is 11.3. The highest BCUT2D eigenvalue weighted by molar-refractivity contribution is 7.15. The molecule has 1 aliphatic heterocycles. The summed E-state index contributed by atoms with van der Waals surface area (Å²) in [6.07, 6.45) is 7.11. The van der Waals surface area contributed by atoms with Crippen molar-refractivity contribution in [2.45, 2.75) is 99.0 Å². The molecule has 3 rings (SSSR count). The third kappa shape index (κ3) is 4.82. The number of thiophene rings is 1. The van der Waals surface area contributed by atoms with Gasteiger partial charge in [-0.05, 0) is 24.0 Å². The van der Waals surface area contributed by atoms with Gasteiger partial charge in [0.1, 0.15) is 0 Å². The van der Waals surface area contributed by atoms with Gasteiger partial charge in [-0.3, -0.25) is 4.79 Å². The molecule has 0 radical (unpaired) electrons. The predicted octanol–water partition coefficient (Wildman–Crippen LogP) is 7.57. The Balaban J connectivity index is 2.03. The minimum atomic E-state index is -0.311. The molecule has 0 unspecified atom stereocenters. The average Bonchev–Trinajstić information content (AvgIpc) is 3.34. The largest absolute Gasteiger partial charge is 0.494 e. The van der Waals surface area contributed by atoms with Crippen LogP contribution in [0.15, 0.2) is 17.1 Å². The van der Waals surface area contributed by atoms with Gasteiger partial charge in [-0.25, -0.2) is 4.99 Å². The van der Waals surface area contributed by atoms with Crippen LogP contribution >= 0.6 is 11.3 Å². The lowest BCUT2D eigenvalue weighted by molar-refractivity contribution is 0.101. The number of carbonyl (C=O) groups excluding carboxylic acids is 1. The van der Waals surface area contributed by atoms with Crippen molar-refractivity contribution in [3.8, 4) is 16.5 Å². The Labute approximate surface area is 191 Å². The Morgan fingerprint density at radius 2 is 1.58 bits per heavy atom. The van der Waals surface area contributed by atoms with E-state index in [0.29, 0.717) is 23.4 Å². The summed E-state index contributed by atoms with van der Waals surface area (Å²) in [6, 6.07) is 4.25. The second kappa shape index (κ2) is 8.93. The van der Waals surface area contributed by atoms with Crippen molar-refractivity contribution < 1.29 is 9.90 Å². The maximum absolute atomic E-state index is 13.0. The van der Waals surface area contributed by atoms with Crippen LogP contribution in [0.4, 0.5) is 0 Å². The number of hydrogen-bond acceptors (Lipinski definition) is 3. The van der Waals surface area contributed by atoms with Crippen LogP contribution < -0.4 is 0 Å². The molecule has 0 aromatic carbocycles. The second-order valence-electron chi connectivity index (χ2n) is 10.8. The number of aliphatic imine (C=N–C) groups is 1. The van der Waals surface area contributed by atoms with Crippen LogP contribution in [0.3, 0.4) is 0 Å². The molecule has 170 valence electrons. The Morgan fingerprint density at radius 3 is 2.16 bits per heavy atom. The maximum Gasteiger partial charge on any atom is 0.280 e. The number of carbonyl (C=O) groups is 1. The van der Waals surface area contributed by atoms with E-state index in [0.717, 1.165) is 23.4 Å². The van der Waals surface area contributed by atoms with Gasteiger partial charge in [0, 0.05) is 16.8 Å². The van der Waals surface area contributed by atoms with E-state index in [1.165, 1.54) is 30.6 Å². The van der Waals surface area contributed by atoms with E-state index < -0.39 is 0 Å². The van der Waals surface area contributed by atoms with Crippen molar-refractivity contribution in [2.24, 2.45) is 10.4 Å². The number of amides is 1. The number of unbranched alkanes of at least 4 members (excludes halogenated alkanes) is 5. The summed E-state index contributed by atoms with van der Waals surface area (Å²) in [7, 11) is 0. The first-order valence-corrected chi connectivity index (χ1v) is 12.5. The van der Waals surface area contributed by atoms with Gasteiger partial charge in [0.25, 0.3) is 5.91 Å². The molecular formula is C26H38N2O2S. The molecular weight excluding hydrogens is 404 g/mol. The van der Waals surface area contributed by atoms with Gasteiger partial charge in [0.05, 0.1) is 27.4 Å². The van der Waals surface area contributed by atoms with E-state index in [1.807, 2.05) is 25.3 Å². The number of rotatable bonds is 8. The van der Waals surface area contributed by atoms with Gasteiger partial charge in [0.15, 0.2) is 0 Å². The normalized spacial score (nSPS) is 14.3. The molecule has 0 atom stereocenters. The molecule has 2 aromatic heterocycles. The molecule has 0 saturated carbocycles. The monoisotopic (exact) mass is 442 g/mol. The lowest BCUT2D eigenvalue weighted by Gasteiger charge is -2.19. The van der Waals surface area contributed by atoms with Gasteiger partial charge >= 0.3 is 0 Å². The molecule has 2 aromatic rings. The lowest BCUT2D eigenvalue weighted by Crippen LogP contribution is -2.20. The summed E-state index contributed by atoms with van der Waals surface area (Å²) in [6.45, 7) is 15.7. The highest BCUT2D eigenvalue weighted by Crippen LogP contribution is 2.46. The highest BCUT2D eigenvalue weighted by Gasteiger charge is 2.40. The van der Waals surface area contributed by atoms with Crippen molar-refractivity contribution in [3.05, 3.63) is 28.1 Å². The van der Waals surface area contributed by atoms with Crippen LogP contribution in [0.1, 0.15) is 108 Å². The summed E-state index contributed by atoms with van der Waals surface area (Å²) >= 11 is 1.71. The molecule has 0 bridgehead atoms. The zero-order valence-corrected chi connectivity index (χ0v) is 21.1. The van der Waals surface area contributed by atoms with Crippen LogP contribution in [0.5, 0.6) is 5.88 Å². The van der Waals surface area contributed by atoms with Crippen LogP contribution in [-0.2, 0) is 12.0 Å². The van der Waals surface area contributed by atoms with Crippen LogP contribution in [0.2, 0.25) is 0 Å². The van der Waals surface area contributed by atoms with Crippen LogP contribution in [0, 0.1) is 5.41 Å². The topological polar surface area (TPSA) is 54.6 Å². The van der Waals surface area contributed by atoms with Crippen molar-refractivity contribution >= 4 is 23.0 Å². The van der Waals surface area contributed by atoms with Gasteiger partial charge in [-0.1, -0.05) is 80.6 Å². The Hall–Kier alpha value is -1.88. The zero-order valence-electron chi connectivity index (χ0n) is 20.3. The van der Waals surface area contributed by atoms with E-state index in [-0.39, 0.29) is 22.6 Å². The van der Waals surface area contributed by atoms with Gasteiger partial charge in [-0.15, -0.1) is 11.3 Å². The fourth-order valence-electron chi connectivity index (χ4n) is 4.19. The Morgan fingerprint density at radius 1 is 0.935 bits per heavy atom. The molecule has 0 fully saturated rings. The third-order valence-corrected chi connectivity index (χ3v) is 7.44. The van der Waals surface area contributed by atoms with E-state index in [2.05, 4.69) is 44.8 Å². The molecule has 0 spiro atoms. The number of nitrogens with zero attached hydrogens (tertiary/aromatic N) is 2. The van der Waals surface area contributed by atoms with E-state index in [1.54, 1.807) is 11.3 Å². The van der Waals surface area contributed by atoms with Crippen LogP contribution in [-0.4, -0.2) is 21.3 Å². The molecule has 31 heavy (non-hydrogen) atoms. The maximum atomic E-state index is 13.0. The number of hydrogen-bond donors (Lipinski definition) is 1. The van der Waals surface area contributed by atoms with Crippen molar-refractivity contribution in [1.82, 2.24) is 4.57 Å². The number of aromatic nitrogens is 1. The SMILES string of the molecule is CCCCCCCCn1c(O)c2c(c1-c1ccc(C(C)(C)C)s1)C(=O)N=C2C(C)(C)C. The molecule has 3 heterocycles. The average molecular weight is 443 g/mol. The van der Waals surface area contributed by atoms with E-state index in [4.69, 9.17) is 0 Å². The van der Waals surface area contributed by atoms with Crippen molar-refractivity contribution in [2.75, 3.05) is 0 Å². The first-order chi connectivity index (χ1) is 14.5. The van der Waals surface area contributed by atoms with Gasteiger partial charge in [0.2, 0.25) is 5.88 Å². The van der Waals surface area contributed by atoms with Gasteiger partial charge < -0.3 is 9.67 Å². The first kappa shape index (κ1) is 23.8. The Kier molecular flexibility index (Phi) is 6.85. The molecule has 4 nitrogen and oxygen atoms in total. The molecule has 5 heteroatoms. The van der Waals surface area contributed by atoms with E-state index >= 15 is 0 Å². The molecule has 1 amide bonds. The summed E-state index contributed by atoms with van der Waals surface area (Å²) in [5.41, 5.74) is 2.49. The quantitative estimate of drug-likeness (QED) is 0.429. The standard InChI is InChI=1S/C26H38N2O2S/c1-8-9-10-11-12-13-16-28-21(17-14-15-18(31-17)25(2,3)4)19-20(24(28)30)22(26(5,6)7)27-23(19)29/h14-15,30H,8-13,16H2,1-7H3. The summed E-state index contributed by atoms with van der Waals surface area (Å²) < 4.78 is 1.97. The molecule has 0 aliphatic carbocycles. The molecule has 1 aliphatic rings. The first-order valence-electron chi connectivity index (χ1n) is 11.7. The Bertz CT molecular complexity index is 980. The second-order valence-corrected chi connectivity index (χ2v) is 11.9. The number of aromatic hydroxyl groups is 1. The van der Waals surface area contributed by atoms with Crippen LogP contribution in [0.25, 0.3) is 10.6 Å². The minimum Gasteiger partial charge on any atom is -0.494 e. The van der Waals surface area contributed by atoms with Crippen molar-refractivity contribution in [3.63, 3.8) is 0 Å². The minimum absolute atomic E-state index is 0.0436.